The van der Waals surface area contributed by atoms with Gasteiger partial charge in [0.2, 0.25) is 5.91 Å². The Bertz CT molecular complexity index is 793. The Labute approximate surface area is 143 Å². The Morgan fingerprint density at radius 3 is 2.52 bits per heavy atom. The number of halogens is 1. The lowest BCUT2D eigenvalue weighted by Crippen LogP contribution is -2.38. The molecule has 0 aliphatic rings. The van der Waals surface area contributed by atoms with Crippen LogP contribution in [0.4, 0.5) is 10.1 Å². The molecule has 0 radical (unpaired) electrons. The molecule has 0 aromatic heterocycles. The fourth-order valence-corrected chi connectivity index (χ4v) is 2.15. The summed E-state index contributed by atoms with van der Waals surface area (Å²) in [5.74, 6) is -1.39. The molecule has 0 aliphatic heterocycles. The second-order valence-electron chi connectivity index (χ2n) is 5.33. The van der Waals surface area contributed by atoms with Crippen LogP contribution in [-0.2, 0) is 4.79 Å². The third-order valence-electron chi connectivity index (χ3n) is 3.48. The first-order valence-electron chi connectivity index (χ1n) is 7.44. The van der Waals surface area contributed by atoms with Crippen molar-refractivity contribution >= 4 is 17.5 Å². The van der Waals surface area contributed by atoms with E-state index in [1.54, 1.807) is 19.1 Å². The summed E-state index contributed by atoms with van der Waals surface area (Å²) < 4.78 is 12.9. The average Bonchev–Trinajstić information content (AvgIpc) is 2.60. The summed E-state index contributed by atoms with van der Waals surface area (Å²) in [6.07, 6.45) is 0. The highest BCUT2D eigenvalue weighted by molar-refractivity contribution is 5.96. The molecule has 2 aromatic carbocycles. The van der Waals surface area contributed by atoms with Crippen LogP contribution in [-0.4, -0.2) is 23.3 Å². The fourth-order valence-electron chi connectivity index (χ4n) is 2.15. The Morgan fingerprint density at radius 1 is 1.20 bits per heavy atom. The van der Waals surface area contributed by atoms with Gasteiger partial charge in [0.1, 0.15) is 5.82 Å². The Balaban J connectivity index is 1.89. The van der Waals surface area contributed by atoms with Gasteiger partial charge in [0.05, 0.1) is 17.5 Å². The van der Waals surface area contributed by atoms with E-state index < -0.39 is 16.7 Å². The summed E-state index contributed by atoms with van der Waals surface area (Å²) in [6, 6.07) is 10.6. The number of carbonyl (C=O) groups is 2. The molecule has 0 heterocycles. The molecular weight excluding hydrogens is 329 g/mol. The summed E-state index contributed by atoms with van der Waals surface area (Å²) >= 11 is 0. The van der Waals surface area contributed by atoms with Crippen LogP contribution in [0.15, 0.2) is 48.5 Å². The number of nitro groups is 1. The predicted molar refractivity (Wildman–Crippen MR) is 88.4 cm³/mol. The number of nitrogens with zero attached hydrogens (tertiary/aromatic N) is 1. The average molecular weight is 345 g/mol. The molecule has 1 unspecified atom stereocenters. The smallest absolute Gasteiger partial charge is 0.270 e. The van der Waals surface area contributed by atoms with Gasteiger partial charge in [-0.2, -0.15) is 0 Å². The van der Waals surface area contributed by atoms with Crippen LogP contribution in [0.3, 0.4) is 0 Å². The molecular formula is C17H16FN3O4. The van der Waals surface area contributed by atoms with E-state index in [2.05, 4.69) is 10.6 Å². The quantitative estimate of drug-likeness (QED) is 0.620. The lowest BCUT2D eigenvalue weighted by molar-refractivity contribution is -0.384. The van der Waals surface area contributed by atoms with Crippen molar-refractivity contribution in [2.75, 3.05) is 6.54 Å². The number of rotatable bonds is 6. The lowest BCUT2D eigenvalue weighted by Gasteiger charge is -2.14. The van der Waals surface area contributed by atoms with E-state index in [1.165, 1.54) is 30.3 Å². The summed E-state index contributed by atoms with van der Waals surface area (Å²) in [5.41, 5.74) is 0.607. The number of hydrogen-bond acceptors (Lipinski definition) is 4. The summed E-state index contributed by atoms with van der Waals surface area (Å²) in [6.45, 7) is 1.45. The van der Waals surface area contributed by atoms with Crippen LogP contribution in [0.2, 0.25) is 0 Å². The zero-order valence-corrected chi connectivity index (χ0v) is 13.4. The van der Waals surface area contributed by atoms with Gasteiger partial charge in [0, 0.05) is 17.7 Å². The fraction of sp³-hybridized carbons (Fsp3) is 0.176. The molecule has 2 N–H and O–H groups in total. The first-order valence-corrected chi connectivity index (χ1v) is 7.44. The second kappa shape index (κ2) is 8.00. The van der Waals surface area contributed by atoms with Gasteiger partial charge in [-0.25, -0.2) is 4.39 Å². The maximum absolute atomic E-state index is 12.9. The van der Waals surface area contributed by atoms with E-state index in [1.807, 2.05) is 0 Å². The number of non-ortho nitro benzene ring substituents is 1. The minimum atomic E-state index is -0.603. The standard InChI is InChI=1S/C17H16FN3O4/c1-11(12-5-7-14(18)8-6-12)20-16(22)10-19-17(23)13-3-2-4-15(9-13)21(24)25/h2-9,11H,10H2,1H3,(H,19,23)(H,20,22). The first-order chi connectivity index (χ1) is 11.9. The van der Waals surface area contributed by atoms with Gasteiger partial charge in [0.25, 0.3) is 11.6 Å². The van der Waals surface area contributed by atoms with Crippen LogP contribution in [0.25, 0.3) is 0 Å². The number of nitro benzene ring substituents is 1. The number of amides is 2. The van der Waals surface area contributed by atoms with Crippen LogP contribution in [0, 0.1) is 15.9 Å². The monoisotopic (exact) mass is 345 g/mol. The van der Waals surface area contributed by atoms with Gasteiger partial charge in [0.15, 0.2) is 0 Å². The number of benzene rings is 2. The van der Waals surface area contributed by atoms with Crippen molar-refractivity contribution in [1.82, 2.24) is 10.6 Å². The van der Waals surface area contributed by atoms with Crippen LogP contribution < -0.4 is 10.6 Å². The third kappa shape index (κ3) is 5.10. The molecule has 0 spiro atoms. The molecule has 0 saturated carbocycles. The zero-order valence-electron chi connectivity index (χ0n) is 13.4. The van der Waals surface area contributed by atoms with Gasteiger partial charge < -0.3 is 10.6 Å². The zero-order chi connectivity index (χ0) is 18.4. The molecule has 0 aliphatic carbocycles. The molecule has 0 saturated heterocycles. The molecule has 2 aromatic rings. The maximum atomic E-state index is 12.9. The van der Waals surface area contributed by atoms with Crippen molar-refractivity contribution in [2.24, 2.45) is 0 Å². The lowest BCUT2D eigenvalue weighted by atomic mass is 10.1. The summed E-state index contributed by atoms with van der Waals surface area (Å²) in [5, 5.41) is 15.8. The van der Waals surface area contributed by atoms with Crippen molar-refractivity contribution < 1.29 is 18.9 Å². The Kier molecular flexibility index (Phi) is 5.78. The van der Waals surface area contributed by atoms with Gasteiger partial charge >= 0.3 is 0 Å². The molecule has 130 valence electrons. The maximum Gasteiger partial charge on any atom is 0.270 e. The van der Waals surface area contributed by atoms with E-state index in [9.17, 15) is 24.1 Å². The van der Waals surface area contributed by atoms with Gasteiger partial charge in [-0.15, -0.1) is 0 Å². The van der Waals surface area contributed by atoms with E-state index in [0.717, 1.165) is 11.6 Å². The van der Waals surface area contributed by atoms with Crippen molar-refractivity contribution in [3.8, 4) is 0 Å². The molecule has 0 fully saturated rings. The van der Waals surface area contributed by atoms with E-state index in [0.29, 0.717) is 0 Å². The Morgan fingerprint density at radius 2 is 1.88 bits per heavy atom. The predicted octanol–water partition coefficient (Wildman–Crippen LogP) is 2.34. The van der Waals surface area contributed by atoms with E-state index in [4.69, 9.17) is 0 Å². The van der Waals surface area contributed by atoms with Crippen LogP contribution in [0.5, 0.6) is 0 Å². The van der Waals surface area contributed by atoms with Crippen molar-refractivity contribution in [3.63, 3.8) is 0 Å². The van der Waals surface area contributed by atoms with Crippen molar-refractivity contribution in [2.45, 2.75) is 13.0 Å². The van der Waals surface area contributed by atoms with Crippen LogP contribution >= 0.6 is 0 Å². The molecule has 7 nitrogen and oxygen atoms in total. The highest BCUT2D eigenvalue weighted by Crippen LogP contribution is 2.13. The Hall–Kier alpha value is -3.29. The molecule has 8 heteroatoms. The van der Waals surface area contributed by atoms with Gasteiger partial charge in [-0.1, -0.05) is 18.2 Å². The normalized spacial score (nSPS) is 11.4. The number of hydrogen-bond donors (Lipinski definition) is 2. The highest BCUT2D eigenvalue weighted by atomic mass is 19.1. The molecule has 2 rings (SSSR count). The minimum Gasteiger partial charge on any atom is -0.348 e. The largest absolute Gasteiger partial charge is 0.348 e. The van der Waals surface area contributed by atoms with Crippen molar-refractivity contribution in [3.05, 3.63) is 75.6 Å². The van der Waals surface area contributed by atoms with E-state index in [-0.39, 0.29) is 29.7 Å². The SMILES string of the molecule is CC(NC(=O)CNC(=O)c1cccc([N+](=O)[O-])c1)c1ccc(F)cc1. The summed E-state index contributed by atoms with van der Waals surface area (Å²) in [7, 11) is 0. The van der Waals surface area contributed by atoms with Gasteiger partial charge in [-0.05, 0) is 30.7 Å². The topological polar surface area (TPSA) is 101 Å². The number of carbonyl (C=O) groups excluding carboxylic acids is 2. The second-order valence-corrected chi connectivity index (χ2v) is 5.33. The van der Waals surface area contributed by atoms with Gasteiger partial charge in [-0.3, -0.25) is 19.7 Å². The highest BCUT2D eigenvalue weighted by Gasteiger charge is 2.14. The van der Waals surface area contributed by atoms with Crippen LogP contribution in [0.1, 0.15) is 28.9 Å². The van der Waals surface area contributed by atoms with Crippen molar-refractivity contribution in [1.29, 1.82) is 0 Å². The third-order valence-corrected chi connectivity index (χ3v) is 3.48. The van der Waals surface area contributed by atoms with E-state index >= 15 is 0 Å². The first kappa shape index (κ1) is 18.1. The molecule has 1 atom stereocenters. The molecule has 0 bridgehead atoms. The molecule has 2 amide bonds. The minimum absolute atomic E-state index is 0.0913. The summed E-state index contributed by atoms with van der Waals surface area (Å²) in [4.78, 5) is 34.0. The number of nitrogens with one attached hydrogen (secondary N) is 2. The molecule has 25 heavy (non-hydrogen) atoms.